The Hall–Kier alpha value is -1.82. The molecule has 3 heterocycles. The molecule has 0 radical (unpaired) electrons. The Morgan fingerprint density at radius 1 is 1.42 bits per heavy atom. The third-order valence-electron chi connectivity index (χ3n) is 4.44. The maximum absolute atomic E-state index is 12.4. The number of β-lactam (4-membered cyclic amide) rings is 1. The van der Waals surface area contributed by atoms with E-state index in [2.05, 4.69) is 4.18 Å². The van der Waals surface area contributed by atoms with Gasteiger partial charge in [0.05, 0.1) is 18.1 Å². The van der Waals surface area contributed by atoms with E-state index in [1.165, 1.54) is 23.6 Å². The van der Waals surface area contributed by atoms with E-state index in [0.29, 0.717) is 23.6 Å². The van der Waals surface area contributed by atoms with Crippen LogP contribution in [0.5, 0.6) is 0 Å². The van der Waals surface area contributed by atoms with E-state index in [9.17, 15) is 23.1 Å². The second-order valence-corrected chi connectivity index (χ2v) is 8.32. The molecule has 2 aliphatic rings. The van der Waals surface area contributed by atoms with Gasteiger partial charge in [0.25, 0.3) is 0 Å². The number of aromatic nitrogens is 1. The minimum Gasteiger partial charge on any atom is -0.477 e. The lowest BCUT2D eigenvalue weighted by molar-refractivity contribution is -0.160. The highest BCUT2D eigenvalue weighted by Crippen LogP contribution is 2.47. The first-order valence-corrected chi connectivity index (χ1v) is 10.2. The second-order valence-electron chi connectivity index (χ2n) is 6.08. The predicted molar refractivity (Wildman–Crippen MR) is 92.4 cm³/mol. The average molecular weight is 402 g/mol. The van der Waals surface area contributed by atoms with E-state index in [-0.39, 0.29) is 5.70 Å². The van der Waals surface area contributed by atoms with Crippen molar-refractivity contribution < 1.29 is 31.8 Å². The maximum atomic E-state index is 12.4. The number of carboxylic acid groups (broad SMARTS) is 1. The van der Waals surface area contributed by atoms with Crippen molar-refractivity contribution in [1.29, 1.82) is 0 Å². The van der Waals surface area contributed by atoms with Gasteiger partial charge in [-0.1, -0.05) is 0 Å². The Labute approximate surface area is 154 Å². The molecule has 0 unspecified atom stereocenters. The molecule has 9 nitrogen and oxygen atoms in total. The lowest BCUT2D eigenvalue weighted by atomic mass is 9.83. The van der Waals surface area contributed by atoms with Gasteiger partial charge >= 0.3 is 16.4 Å². The molecule has 11 heteroatoms. The molecule has 1 saturated heterocycles. The van der Waals surface area contributed by atoms with Gasteiger partial charge in [0.15, 0.2) is 0 Å². The number of carboxylic acids is 1. The number of aryl methyl sites for hydroxylation is 1. The molecule has 0 saturated carbocycles. The van der Waals surface area contributed by atoms with Crippen molar-refractivity contribution >= 4 is 34.0 Å². The van der Waals surface area contributed by atoms with Crippen molar-refractivity contribution in [2.45, 2.75) is 32.0 Å². The van der Waals surface area contributed by atoms with Crippen LogP contribution in [-0.4, -0.2) is 57.3 Å². The van der Waals surface area contributed by atoms with Crippen LogP contribution in [0.1, 0.15) is 13.3 Å². The lowest BCUT2D eigenvalue weighted by Crippen LogP contribution is -2.62. The zero-order valence-electron chi connectivity index (χ0n) is 13.8. The fourth-order valence-corrected chi connectivity index (χ4v) is 5.05. The van der Waals surface area contributed by atoms with Crippen molar-refractivity contribution in [2.24, 2.45) is 5.92 Å². The summed E-state index contributed by atoms with van der Waals surface area (Å²) in [5.74, 6) is -1.87. The number of carbonyl (C=O) groups excluding carboxylic acids is 1. The summed E-state index contributed by atoms with van der Waals surface area (Å²) in [6, 6.07) is 3.32. The van der Waals surface area contributed by atoms with Gasteiger partial charge in [-0.2, -0.15) is 8.42 Å². The van der Waals surface area contributed by atoms with Gasteiger partial charge in [0.1, 0.15) is 5.70 Å². The van der Waals surface area contributed by atoms with Crippen molar-refractivity contribution in [1.82, 2.24) is 9.47 Å². The van der Waals surface area contributed by atoms with Crippen LogP contribution < -0.4 is 0 Å². The molecule has 1 aromatic heterocycles. The van der Waals surface area contributed by atoms with Gasteiger partial charge < -0.3 is 14.6 Å². The standard InChI is InChI=1S/C15H18N2O7S2/c1-9(24-26(21,22)23)12-10-8-11(13(15(19)20)17(10)14(12)18)25-7-6-16-4-2-3-5-16/h2-5,9-10,12H,6-8H2,1H3,(H,19,20)(H,21,22,23)/t9-,10+,12-/m0/s1. The number of aliphatic carboxylic acids is 1. The minimum absolute atomic E-state index is 0.0483. The summed E-state index contributed by atoms with van der Waals surface area (Å²) >= 11 is 1.37. The molecular weight excluding hydrogens is 384 g/mol. The topological polar surface area (TPSA) is 126 Å². The van der Waals surface area contributed by atoms with E-state index in [1.54, 1.807) is 0 Å². The van der Waals surface area contributed by atoms with E-state index in [0.717, 1.165) is 0 Å². The Morgan fingerprint density at radius 3 is 2.65 bits per heavy atom. The highest BCUT2D eigenvalue weighted by Gasteiger charge is 2.57. The van der Waals surface area contributed by atoms with Crippen molar-refractivity contribution in [3.8, 4) is 0 Å². The normalized spacial score (nSPS) is 23.8. The highest BCUT2D eigenvalue weighted by atomic mass is 32.3. The molecular formula is C15H18N2O7S2. The molecule has 1 fully saturated rings. The third kappa shape index (κ3) is 3.65. The molecule has 0 aromatic carbocycles. The highest BCUT2D eigenvalue weighted by molar-refractivity contribution is 8.03. The molecule has 26 heavy (non-hydrogen) atoms. The Morgan fingerprint density at radius 2 is 2.08 bits per heavy atom. The van der Waals surface area contributed by atoms with Gasteiger partial charge in [0, 0.05) is 36.0 Å². The Balaban J connectivity index is 1.69. The number of rotatable bonds is 8. The van der Waals surface area contributed by atoms with E-state index in [1.807, 2.05) is 29.1 Å². The van der Waals surface area contributed by atoms with Crippen LogP contribution in [0.2, 0.25) is 0 Å². The average Bonchev–Trinajstić information content (AvgIpc) is 3.11. The summed E-state index contributed by atoms with van der Waals surface area (Å²) < 4.78 is 37.0. The summed E-state index contributed by atoms with van der Waals surface area (Å²) in [5, 5.41) is 9.48. The van der Waals surface area contributed by atoms with Gasteiger partial charge in [0.2, 0.25) is 5.91 Å². The number of nitrogens with zero attached hydrogens (tertiary/aromatic N) is 2. The summed E-state index contributed by atoms with van der Waals surface area (Å²) in [7, 11) is -4.69. The van der Waals surface area contributed by atoms with E-state index in [4.69, 9.17) is 4.55 Å². The smallest absolute Gasteiger partial charge is 0.397 e. The molecule has 2 aliphatic heterocycles. The minimum atomic E-state index is -4.69. The Bertz CT molecular complexity index is 847. The lowest BCUT2D eigenvalue weighted by Gasteiger charge is -2.45. The quantitative estimate of drug-likeness (QED) is 0.486. The van der Waals surface area contributed by atoms with E-state index < -0.39 is 40.3 Å². The van der Waals surface area contributed by atoms with Crippen LogP contribution in [0, 0.1) is 5.92 Å². The third-order valence-corrected chi connectivity index (χ3v) is 6.08. The molecule has 142 valence electrons. The molecule has 3 rings (SSSR count). The summed E-state index contributed by atoms with van der Waals surface area (Å²) in [5.41, 5.74) is -0.0483. The van der Waals surface area contributed by atoms with Gasteiger partial charge in [-0.25, -0.2) is 8.98 Å². The molecule has 1 amide bonds. The summed E-state index contributed by atoms with van der Waals surface area (Å²) in [6.07, 6.45) is 3.07. The van der Waals surface area contributed by atoms with Crippen LogP contribution in [0.15, 0.2) is 35.1 Å². The SMILES string of the molecule is C[C@H](OS(=O)(=O)O)[C@@H]1C(=O)N2C(C(=O)O)=C(SCCn3cccc3)C[C@H]12. The second kappa shape index (κ2) is 7.06. The van der Waals surface area contributed by atoms with Crippen LogP contribution in [-0.2, 0) is 30.7 Å². The van der Waals surface area contributed by atoms with Crippen LogP contribution in [0.4, 0.5) is 0 Å². The zero-order valence-corrected chi connectivity index (χ0v) is 15.4. The van der Waals surface area contributed by atoms with E-state index >= 15 is 0 Å². The fraction of sp³-hybridized carbons (Fsp3) is 0.467. The first kappa shape index (κ1) is 19.0. The van der Waals surface area contributed by atoms with Crippen molar-refractivity contribution in [3.05, 3.63) is 35.1 Å². The summed E-state index contributed by atoms with van der Waals surface area (Å²) in [6.45, 7) is 2.06. The largest absolute Gasteiger partial charge is 0.477 e. The van der Waals surface area contributed by atoms with Crippen molar-refractivity contribution in [2.75, 3.05) is 5.75 Å². The molecule has 2 N–H and O–H groups in total. The number of thioether (sulfide) groups is 1. The molecule has 0 bridgehead atoms. The maximum Gasteiger partial charge on any atom is 0.397 e. The van der Waals surface area contributed by atoms with Crippen LogP contribution in [0.25, 0.3) is 0 Å². The van der Waals surface area contributed by atoms with Gasteiger partial charge in [-0.3, -0.25) is 9.35 Å². The van der Waals surface area contributed by atoms with Gasteiger partial charge in [-0.05, 0) is 19.1 Å². The first-order chi connectivity index (χ1) is 12.2. The predicted octanol–water partition coefficient (Wildman–Crippen LogP) is 0.956. The fourth-order valence-electron chi connectivity index (χ4n) is 3.39. The van der Waals surface area contributed by atoms with Crippen LogP contribution in [0.3, 0.4) is 0 Å². The number of hydrogen-bond donors (Lipinski definition) is 2. The molecule has 0 aliphatic carbocycles. The first-order valence-electron chi connectivity index (χ1n) is 7.88. The Kier molecular flexibility index (Phi) is 5.15. The van der Waals surface area contributed by atoms with Crippen molar-refractivity contribution in [3.63, 3.8) is 0 Å². The number of fused-ring (bicyclic) bond motifs is 1. The van der Waals surface area contributed by atoms with Crippen LogP contribution >= 0.6 is 11.8 Å². The van der Waals surface area contributed by atoms with Gasteiger partial charge in [-0.15, -0.1) is 11.8 Å². The monoisotopic (exact) mass is 402 g/mol. The molecule has 1 aromatic rings. The number of amides is 1. The molecule has 0 spiro atoms. The molecule has 3 atom stereocenters. The number of hydrogen-bond acceptors (Lipinski definition) is 6. The summed E-state index contributed by atoms with van der Waals surface area (Å²) in [4.78, 5) is 25.7. The number of carbonyl (C=O) groups is 2. The zero-order chi connectivity index (χ0) is 19.1.